The van der Waals surface area contributed by atoms with Crippen LogP contribution in [0.4, 0.5) is 5.69 Å². The van der Waals surface area contributed by atoms with E-state index in [1.54, 1.807) is 24.3 Å². The summed E-state index contributed by atoms with van der Waals surface area (Å²) in [6.45, 7) is 0. The number of carbonyl (C=O) groups is 1. The zero-order valence-electron chi connectivity index (χ0n) is 10.1. The molecule has 94 valence electrons. The molecule has 0 aliphatic rings. The number of carbonyl (C=O) groups excluding carboxylic acids is 1. The van der Waals surface area contributed by atoms with Crippen molar-refractivity contribution in [3.8, 4) is 6.07 Å². The van der Waals surface area contributed by atoms with Crippen LogP contribution in [0.3, 0.4) is 0 Å². The highest BCUT2D eigenvalue weighted by molar-refractivity contribution is 7.80. The van der Waals surface area contributed by atoms with Crippen molar-refractivity contribution >= 4 is 24.2 Å². The van der Waals surface area contributed by atoms with Crippen LogP contribution >= 0.6 is 12.6 Å². The highest BCUT2D eigenvalue weighted by Crippen LogP contribution is 2.11. The average Bonchev–Trinajstić information content (AvgIpc) is 2.42. The minimum Gasteiger partial charge on any atom is -0.326 e. The lowest BCUT2D eigenvalue weighted by Gasteiger charge is -2.05. The predicted molar refractivity (Wildman–Crippen MR) is 77.2 cm³/mol. The Bertz CT molecular complexity index is 612. The zero-order valence-corrected chi connectivity index (χ0v) is 11.0. The Labute approximate surface area is 117 Å². The van der Waals surface area contributed by atoms with Crippen LogP contribution in [-0.4, -0.2) is 5.91 Å². The summed E-state index contributed by atoms with van der Waals surface area (Å²) in [7, 11) is 0. The number of rotatable bonds is 3. The topological polar surface area (TPSA) is 52.9 Å². The molecule has 0 aliphatic heterocycles. The van der Waals surface area contributed by atoms with Crippen LogP contribution in [0.1, 0.15) is 11.1 Å². The maximum Gasteiger partial charge on any atom is 0.228 e. The number of anilines is 1. The molecule has 0 atom stereocenters. The Morgan fingerprint density at radius 1 is 1.11 bits per heavy atom. The van der Waals surface area contributed by atoms with Crippen molar-refractivity contribution in [3.05, 3.63) is 59.7 Å². The number of nitriles is 1. The molecule has 0 aromatic heterocycles. The molecule has 4 heteroatoms. The largest absolute Gasteiger partial charge is 0.326 e. The molecule has 0 fully saturated rings. The molecule has 0 radical (unpaired) electrons. The van der Waals surface area contributed by atoms with E-state index in [1.807, 2.05) is 30.3 Å². The zero-order chi connectivity index (χ0) is 13.7. The molecular formula is C15H12N2OS. The van der Waals surface area contributed by atoms with Gasteiger partial charge in [0.15, 0.2) is 0 Å². The van der Waals surface area contributed by atoms with Gasteiger partial charge in [-0.15, -0.1) is 12.6 Å². The second-order valence-electron chi connectivity index (χ2n) is 4.08. The van der Waals surface area contributed by atoms with E-state index in [1.165, 1.54) is 0 Å². The minimum atomic E-state index is -0.0865. The highest BCUT2D eigenvalue weighted by Gasteiger charge is 2.04. The van der Waals surface area contributed by atoms with Crippen LogP contribution in [0.2, 0.25) is 0 Å². The van der Waals surface area contributed by atoms with Crippen molar-refractivity contribution in [1.29, 1.82) is 5.26 Å². The Hall–Kier alpha value is -2.25. The quantitative estimate of drug-likeness (QED) is 0.841. The molecule has 0 saturated carbocycles. The van der Waals surface area contributed by atoms with E-state index in [9.17, 15) is 4.79 Å². The van der Waals surface area contributed by atoms with Crippen LogP contribution in [-0.2, 0) is 11.2 Å². The molecule has 0 heterocycles. The molecule has 0 aliphatic carbocycles. The van der Waals surface area contributed by atoms with Gasteiger partial charge in [-0.1, -0.05) is 12.1 Å². The highest BCUT2D eigenvalue weighted by atomic mass is 32.1. The van der Waals surface area contributed by atoms with Gasteiger partial charge < -0.3 is 5.32 Å². The molecule has 2 aromatic carbocycles. The van der Waals surface area contributed by atoms with Crippen LogP contribution in [0, 0.1) is 11.3 Å². The van der Waals surface area contributed by atoms with Crippen molar-refractivity contribution in [2.24, 2.45) is 0 Å². The first-order valence-corrected chi connectivity index (χ1v) is 6.20. The Morgan fingerprint density at radius 3 is 2.32 bits per heavy atom. The number of amides is 1. The Kier molecular flexibility index (Phi) is 4.22. The number of thiol groups is 1. The normalized spacial score (nSPS) is 9.68. The maximum absolute atomic E-state index is 11.8. The van der Waals surface area contributed by atoms with Crippen LogP contribution < -0.4 is 5.32 Å². The minimum absolute atomic E-state index is 0.0865. The first-order chi connectivity index (χ1) is 9.17. The summed E-state index contributed by atoms with van der Waals surface area (Å²) in [5.74, 6) is -0.0865. The van der Waals surface area contributed by atoms with Gasteiger partial charge in [0.1, 0.15) is 0 Å². The van der Waals surface area contributed by atoms with Crippen molar-refractivity contribution in [2.75, 3.05) is 5.32 Å². The summed E-state index contributed by atoms with van der Waals surface area (Å²) in [5.41, 5.74) is 2.20. The van der Waals surface area contributed by atoms with Crippen molar-refractivity contribution in [1.82, 2.24) is 0 Å². The Morgan fingerprint density at radius 2 is 1.74 bits per heavy atom. The third-order valence-corrected chi connectivity index (χ3v) is 2.90. The predicted octanol–water partition coefficient (Wildman–Crippen LogP) is 3.03. The monoisotopic (exact) mass is 268 g/mol. The van der Waals surface area contributed by atoms with Gasteiger partial charge in [-0.05, 0) is 42.0 Å². The lowest BCUT2D eigenvalue weighted by atomic mass is 10.1. The van der Waals surface area contributed by atoms with Crippen LogP contribution in [0.5, 0.6) is 0 Å². The van der Waals surface area contributed by atoms with Gasteiger partial charge in [0, 0.05) is 10.6 Å². The number of benzene rings is 2. The van der Waals surface area contributed by atoms with Gasteiger partial charge >= 0.3 is 0 Å². The molecule has 19 heavy (non-hydrogen) atoms. The average molecular weight is 268 g/mol. The van der Waals surface area contributed by atoms with Gasteiger partial charge in [-0.3, -0.25) is 4.79 Å². The third kappa shape index (κ3) is 3.87. The van der Waals surface area contributed by atoms with E-state index < -0.39 is 0 Å². The molecule has 0 saturated heterocycles. The molecule has 2 rings (SSSR count). The lowest BCUT2D eigenvalue weighted by Crippen LogP contribution is -2.14. The second kappa shape index (κ2) is 6.07. The summed E-state index contributed by atoms with van der Waals surface area (Å²) >= 11 is 4.19. The summed E-state index contributed by atoms with van der Waals surface area (Å²) in [4.78, 5) is 12.7. The summed E-state index contributed by atoms with van der Waals surface area (Å²) in [6.07, 6.45) is 0.314. The van der Waals surface area contributed by atoms with E-state index in [-0.39, 0.29) is 5.91 Å². The number of hydrogen-bond donors (Lipinski definition) is 2. The van der Waals surface area contributed by atoms with Gasteiger partial charge in [-0.2, -0.15) is 5.26 Å². The van der Waals surface area contributed by atoms with E-state index in [2.05, 4.69) is 17.9 Å². The van der Waals surface area contributed by atoms with Gasteiger partial charge in [0.05, 0.1) is 18.1 Å². The van der Waals surface area contributed by atoms with E-state index in [0.29, 0.717) is 17.7 Å². The fraction of sp³-hybridized carbons (Fsp3) is 0.0667. The number of nitrogens with one attached hydrogen (secondary N) is 1. The second-order valence-corrected chi connectivity index (χ2v) is 4.60. The van der Waals surface area contributed by atoms with Gasteiger partial charge in [0.25, 0.3) is 0 Å². The molecule has 0 unspecified atom stereocenters. The van der Waals surface area contributed by atoms with Crippen molar-refractivity contribution in [2.45, 2.75) is 11.3 Å². The molecule has 3 nitrogen and oxygen atoms in total. The molecular weight excluding hydrogens is 256 g/mol. The summed E-state index contributed by atoms with van der Waals surface area (Å²) in [6, 6.07) is 16.3. The van der Waals surface area contributed by atoms with Crippen LogP contribution in [0.25, 0.3) is 0 Å². The lowest BCUT2D eigenvalue weighted by molar-refractivity contribution is -0.115. The van der Waals surface area contributed by atoms with E-state index in [0.717, 1.165) is 10.5 Å². The van der Waals surface area contributed by atoms with Gasteiger partial charge in [0.2, 0.25) is 5.91 Å². The molecule has 2 aromatic rings. The van der Waals surface area contributed by atoms with Crippen molar-refractivity contribution in [3.63, 3.8) is 0 Å². The fourth-order valence-electron chi connectivity index (χ4n) is 1.63. The first-order valence-electron chi connectivity index (χ1n) is 5.75. The Balaban J connectivity index is 1.97. The van der Waals surface area contributed by atoms with E-state index in [4.69, 9.17) is 5.26 Å². The number of nitrogens with zero attached hydrogens (tertiary/aromatic N) is 1. The standard InChI is InChI=1S/C15H12N2OS/c16-10-12-1-5-13(6-2-12)17-15(18)9-11-3-7-14(19)8-4-11/h1-8,19H,9H2,(H,17,18). The van der Waals surface area contributed by atoms with E-state index >= 15 is 0 Å². The SMILES string of the molecule is N#Cc1ccc(NC(=O)Cc2ccc(S)cc2)cc1. The molecule has 0 spiro atoms. The fourth-order valence-corrected chi connectivity index (χ4v) is 1.78. The summed E-state index contributed by atoms with van der Waals surface area (Å²) in [5, 5.41) is 11.5. The molecule has 0 bridgehead atoms. The maximum atomic E-state index is 11.8. The number of hydrogen-bond acceptors (Lipinski definition) is 3. The first kappa shape index (κ1) is 13.2. The smallest absolute Gasteiger partial charge is 0.228 e. The van der Waals surface area contributed by atoms with Crippen LogP contribution in [0.15, 0.2) is 53.4 Å². The molecule has 1 N–H and O–H groups in total. The summed E-state index contributed by atoms with van der Waals surface area (Å²) < 4.78 is 0. The molecule has 1 amide bonds. The van der Waals surface area contributed by atoms with Gasteiger partial charge in [-0.25, -0.2) is 0 Å². The van der Waals surface area contributed by atoms with Crippen molar-refractivity contribution < 1.29 is 4.79 Å². The third-order valence-electron chi connectivity index (χ3n) is 2.60.